The molecule has 0 radical (unpaired) electrons. The molecule has 0 aliphatic heterocycles. The van der Waals surface area contributed by atoms with Crippen molar-refractivity contribution in [1.82, 2.24) is 10.2 Å². The lowest BCUT2D eigenvalue weighted by Crippen LogP contribution is -1.98. The number of aromatic nitrogens is 2. The molecule has 0 aliphatic carbocycles. The lowest BCUT2D eigenvalue weighted by atomic mass is 10.2. The largest absolute Gasteiger partial charge is 0.423 e. The molecule has 1 N–H and O–H groups in total. The average molecular weight is 330 g/mol. The number of halogens is 1. The van der Waals surface area contributed by atoms with E-state index in [1.54, 1.807) is 0 Å². The molecule has 2 aromatic carbocycles. The van der Waals surface area contributed by atoms with Crippen LogP contribution in [0.2, 0.25) is 0 Å². The molecule has 0 spiro atoms. The standard InChI is InChI=1S/C15H12BrN3O/c16-13-3-1-2-11(8-13)9-17-14-6-4-12(5-7-14)15-19-18-10-20-15/h1-8,10,17H,9H2. The van der Waals surface area contributed by atoms with Gasteiger partial charge >= 0.3 is 0 Å². The molecule has 0 atom stereocenters. The molecule has 0 saturated carbocycles. The summed E-state index contributed by atoms with van der Waals surface area (Å²) in [5.41, 5.74) is 3.18. The molecule has 3 aromatic rings. The van der Waals surface area contributed by atoms with Crippen LogP contribution in [-0.4, -0.2) is 10.2 Å². The maximum absolute atomic E-state index is 5.15. The van der Waals surface area contributed by atoms with E-state index in [0.29, 0.717) is 5.89 Å². The van der Waals surface area contributed by atoms with Crippen molar-refractivity contribution in [3.8, 4) is 11.5 Å². The number of nitrogens with one attached hydrogen (secondary N) is 1. The summed E-state index contributed by atoms with van der Waals surface area (Å²) >= 11 is 3.47. The van der Waals surface area contributed by atoms with Crippen LogP contribution in [0.3, 0.4) is 0 Å². The minimum absolute atomic E-state index is 0.531. The molecule has 100 valence electrons. The van der Waals surface area contributed by atoms with Crippen molar-refractivity contribution in [1.29, 1.82) is 0 Å². The van der Waals surface area contributed by atoms with Gasteiger partial charge in [0, 0.05) is 22.3 Å². The van der Waals surface area contributed by atoms with Gasteiger partial charge < -0.3 is 9.73 Å². The number of rotatable bonds is 4. The Morgan fingerprint density at radius 1 is 1.10 bits per heavy atom. The molecular weight excluding hydrogens is 318 g/mol. The van der Waals surface area contributed by atoms with Crippen molar-refractivity contribution in [2.75, 3.05) is 5.32 Å². The van der Waals surface area contributed by atoms with E-state index in [4.69, 9.17) is 4.42 Å². The highest BCUT2D eigenvalue weighted by atomic mass is 79.9. The summed E-state index contributed by atoms with van der Waals surface area (Å²) in [6.45, 7) is 0.777. The predicted molar refractivity (Wildman–Crippen MR) is 81.2 cm³/mol. The van der Waals surface area contributed by atoms with Crippen LogP contribution >= 0.6 is 15.9 Å². The van der Waals surface area contributed by atoms with Gasteiger partial charge in [-0.05, 0) is 42.0 Å². The van der Waals surface area contributed by atoms with E-state index in [9.17, 15) is 0 Å². The Bertz CT molecular complexity index is 681. The van der Waals surface area contributed by atoms with E-state index in [-0.39, 0.29) is 0 Å². The van der Waals surface area contributed by atoms with Crippen LogP contribution in [0.1, 0.15) is 5.56 Å². The molecule has 0 unspecified atom stereocenters. The number of benzene rings is 2. The maximum atomic E-state index is 5.15. The van der Waals surface area contributed by atoms with E-state index >= 15 is 0 Å². The molecular formula is C15H12BrN3O. The highest BCUT2D eigenvalue weighted by Crippen LogP contribution is 2.19. The summed E-state index contributed by atoms with van der Waals surface area (Å²) in [6, 6.07) is 16.1. The van der Waals surface area contributed by atoms with Gasteiger partial charge in [0.1, 0.15) is 0 Å². The number of hydrogen-bond donors (Lipinski definition) is 1. The summed E-state index contributed by atoms with van der Waals surface area (Å²) in [5.74, 6) is 0.531. The Morgan fingerprint density at radius 2 is 1.95 bits per heavy atom. The molecule has 0 aliphatic rings. The third kappa shape index (κ3) is 3.05. The quantitative estimate of drug-likeness (QED) is 0.782. The molecule has 1 aromatic heterocycles. The van der Waals surface area contributed by atoms with Crippen LogP contribution in [0, 0.1) is 0 Å². The molecule has 0 amide bonds. The lowest BCUT2D eigenvalue weighted by Gasteiger charge is -2.07. The van der Waals surface area contributed by atoms with E-state index < -0.39 is 0 Å². The van der Waals surface area contributed by atoms with Gasteiger partial charge in [-0.25, -0.2) is 0 Å². The minimum atomic E-state index is 0.531. The van der Waals surface area contributed by atoms with Crippen LogP contribution in [0.25, 0.3) is 11.5 Å². The van der Waals surface area contributed by atoms with Crippen LogP contribution in [0.4, 0.5) is 5.69 Å². The van der Waals surface area contributed by atoms with Gasteiger partial charge in [-0.3, -0.25) is 0 Å². The maximum Gasteiger partial charge on any atom is 0.247 e. The smallest absolute Gasteiger partial charge is 0.247 e. The molecule has 3 rings (SSSR count). The van der Waals surface area contributed by atoms with Gasteiger partial charge in [0.25, 0.3) is 0 Å². The van der Waals surface area contributed by atoms with Crippen LogP contribution in [0.15, 0.2) is 63.8 Å². The zero-order chi connectivity index (χ0) is 13.8. The van der Waals surface area contributed by atoms with Crippen molar-refractivity contribution in [2.24, 2.45) is 0 Å². The Kier molecular flexibility index (Phi) is 3.78. The Morgan fingerprint density at radius 3 is 2.65 bits per heavy atom. The van der Waals surface area contributed by atoms with Crippen molar-refractivity contribution < 1.29 is 4.42 Å². The summed E-state index contributed by atoms with van der Waals surface area (Å²) in [4.78, 5) is 0. The Balaban J connectivity index is 1.67. The molecule has 0 bridgehead atoms. The average Bonchev–Trinajstić information content (AvgIpc) is 3.00. The van der Waals surface area contributed by atoms with E-state index in [1.165, 1.54) is 12.0 Å². The molecule has 0 saturated heterocycles. The van der Waals surface area contributed by atoms with Gasteiger partial charge in [-0.15, -0.1) is 10.2 Å². The van der Waals surface area contributed by atoms with Crippen LogP contribution < -0.4 is 5.32 Å². The predicted octanol–water partition coefficient (Wildman–Crippen LogP) is 4.11. The SMILES string of the molecule is Brc1cccc(CNc2ccc(-c3nnco3)cc2)c1. The number of hydrogen-bond acceptors (Lipinski definition) is 4. The third-order valence-electron chi connectivity index (χ3n) is 2.88. The van der Waals surface area contributed by atoms with E-state index in [0.717, 1.165) is 22.3 Å². The van der Waals surface area contributed by atoms with Crippen molar-refractivity contribution in [2.45, 2.75) is 6.54 Å². The summed E-state index contributed by atoms with van der Waals surface area (Å²) in [6.07, 6.45) is 1.33. The summed E-state index contributed by atoms with van der Waals surface area (Å²) in [5, 5.41) is 10.9. The number of nitrogens with zero attached hydrogens (tertiary/aromatic N) is 2. The van der Waals surface area contributed by atoms with Crippen LogP contribution in [0.5, 0.6) is 0 Å². The second kappa shape index (κ2) is 5.88. The first-order valence-electron chi connectivity index (χ1n) is 6.16. The molecule has 5 heteroatoms. The summed E-state index contributed by atoms with van der Waals surface area (Å²) < 4.78 is 6.24. The third-order valence-corrected chi connectivity index (χ3v) is 3.37. The normalized spacial score (nSPS) is 10.4. The van der Waals surface area contributed by atoms with Gasteiger partial charge in [-0.2, -0.15) is 0 Å². The van der Waals surface area contributed by atoms with E-state index in [1.807, 2.05) is 36.4 Å². The van der Waals surface area contributed by atoms with Gasteiger partial charge in [0.05, 0.1) is 0 Å². The zero-order valence-electron chi connectivity index (χ0n) is 10.6. The molecule has 20 heavy (non-hydrogen) atoms. The van der Waals surface area contributed by atoms with Gasteiger partial charge in [-0.1, -0.05) is 28.1 Å². The second-order valence-electron chi connectivity index (χ2n) is 4.30. The Hall–Kier alpha value is -2.14. The molecule has 1 heterocycles. The second-order valence-corrected chi connectivity index (χ2v) is 5.22. The van der Waals surface area contributed by atoms with Crippen molar-refractivity contribution in [3.63, 3.8) is 0 Å². The minimum Gasteiger partial charge on any atom is -0.423 e. The van der Waals surface area contributed by atoms with Gasteiger partial charge in [0.2, 0.25) is 12.3 Å². The fourth-order valence-electron chi connectivity index (χ4n) is 1.88. The fourth-order valence-corrected chi connectivity index (χ4v) is 2.33. The van der Waals surface area contributed by atoms with Crippen molar-refractivity contribution in [3.05, 3.63) is 65.0 Å². The topological polar surface area (TPSA) is 51.0 Å². The zero-order valence-corrected chi connectivity index (χ0v) is 12.2. The van der Waals surface area contributed by atoms with Gasteiger partial charge in [0.15, 0.2) is 0 Å². The highest BCUT2D eigenvalue weighted by molar-refractivity contribution is 9.10. The van der Waals surface area contributed by atoms with E-state index in [2.05, 4.69) is 43.6 Å². The number of anilines is 1. The first-order valence-corrected chi connectivity index (χ1v) is 6.95. The first kappa shape index (κ1) is 12.9. The summed E-state index contributed by atoms with van der Waals surface area (Å²) in [7, 11) is 0. The highest BCUT2D eigenvalue weighted by Gasteiger charge is 2.02. The monoisotopic (exact) mass is 329 g/mol. The molecule has 0 fully saturated rings. The van der Waals surface area contributed by atoms with Crippen LogP contribution in [-0.2, 0) is 6.54 Å². The first-order chi connectivity index (χ1) is 9.81. The lowest BCUT2D eigenvalue weighted by molar-refractivity contribution is 0.568. The Labute approximate surface area is 125 Å². The fraction of sp³-hybridized carbons (Fsp3) is 0.0667. The molecule has 4 nitrogen and oxygen atoms in total. The van der Waals surface area contributed by atoms with Crippen molar-refractivity contribution >= 4 is 21.6 Å².